The molecule has 1 N–H and O–H groups in total. The normalized spacial score (nSPS) is 15.0. The smallest absolute Gasteiger partial charge is 0.453 e. The summed E-state index contributed by atoms with van der Waals surface area (Å²) in [6.07, 6.45) is -4.87. The van der Waals surface area contributed by atoms with Crippen LogP contribution in [0, 0.1) is 0 Å². The minimum Gasteiger partial charge on any atom is -0.491 e. The molecular weight excluding hydrogens is 315 g/mol. The Kier molecular flexibility index (Phi) is 5.02. The first-order valence-corrected chi connectivity index (χ1v) is 6.92. The highest BCUT2D eigenvalue weighted by Gasteiger charge is 2.43. The van der Waals surface area contributed by atoms with Gasteiger partial charge in [-0.15, -0.1) is 0 Å². The zero-order chi connectivity index (χ0) is 17.0. The Balaban J connectivity index is 2.19. The molecule has 1 aromatic carbocycles. The number of alkyl halides is 3. The number of hydrogen-bond acceptors (Lipinski definition) is 4. The Morgan fingerprint density at radius 2 is 1.96 bits per heavy atom. The fraction of sp³-hybridized carbons (Fsp3) is 0.400. The lowest BCUT2D eigenvalue weighted by Crippen LogP contribution is -2.30. The van der Waals surface area contributed by atoms with Crippen molar-refractivity contribution in [2.45, 2.75) is 26.1 Å². The van der Waals surface area contributed by atoms with Crippen molar-refractivity contribution in [1.82, 2.24) is 0 Å². The number of hydrogen-bond donors (Lipinski definition) is 1. The molecule has 0 aromatic heterocycles. The SMILES string of the molecule is CC(C)Oc1cccc(NC(=O)C2=C(C(F)(F)F)OCCO2)c1. The van der Waals surface area contributed by atoms with Crippen LogP contribution in [0.25, 0.3) is 0 Å². The van der Waals surface area contributed by atoms with Crippen molar-refractivity contribution in [1.29, 1.82) is 0 Å². The van der Waals surface area contributed by atoms with Gasteiger partial charge in [0.15, 0.2) is 0 Å². The molecule has 23 heavy (non-hydrogen) atoms. The summed E-state index contributed by atoms with van der Waals surface area (Å²) in [7, 11) is 0. The number of carbonyl (C=O) groups is 1. The molecule has 0 bridgehead atoms. The third kappa shape index (κ3) is 4.54. The average molecular weight is 331 g/mol. The van der Waals surface area contributed by atoms with E-state index in [0.717, 1.165) is 0 Å². The Morgan fingerprint density at radius 1 is 1.26 bits per heavy atom. The molecule has 1 amide bonds. The lowest BCUT2D eigenvalue weighted by atomic mass is 10.2. The van der Waals surface area contributed by atoms with E-state index in [-0.39, 0.29) is 25.0 Å². The van der Waals surface area contributed by atoms with E-state index >= 15 is 0 Å². The molecule has 0 aliphatic carbocycles. The van der Waals surface area contributed by atoms with E-state index in [4.69, 9.17) is 9.47 Å². The summed E-state index contributed by atoms with van der Waals surface area (Å²) >= 11 is 0. The number of amides is 1. The molecule has 0 saturated carbocycles. The fourth-order valence-electron chi connectivity index (χ4n) is 1.90. The molecular formula is C15H16F3NO4. The van der Waals surface area contributed by atoms with Crippen molar-refractivity contribution in [2.75, 3.05) is 18.5 Å². The molecule has 0 radical (unpaired) electrons. The molecule has 0 spiro atoms. The molecule has 0 fully saturated rings. The lowest BCUT2D eigenvalue weighted by Gasteiger charge is -2.22. The van der Waals surface area contributed by atoms with Crippen LogP contribution in [-0.2, 0) is 14.3 Å². The predicted molar refractivity (Wildman–Crippen MR) is 75.8 cm³/mol. The second-order valence-electron chi connectivity index (χ2n) is 5.00. The number of carbonyl (C=O) groups excluding carboxylic acids is 1. The van der Waals surface area contributed by atoms with Crippen LogP contribution in [0.1, 0.15) is 13.8 Å². The Morgan fingerprint density at radius 3 is 2.61 bits per heavy atom. The highest BCUT2D eigenvalue weighted by atomic mass is 19.4. The molecule has 1 aromatic rings. The van der Waals surface area contributed by atoms with Crippen molar-refractivity contribution in [3.05, 3.63) is 35.8 Å². The van der Waals surface area contributed by atoms with Crippen LogP contribution in [0.2, 0.25) is 0 Å². The summed E-state index contributed by atoms with van der Waals surface area (Å²) in [5.41, 5.74) is 0.288. The van der Waals surface area contributed by atoms with Crippen molar-refractivity contribution in [3.63, 3.8) is 0 Å². The third-order valence-electron chi connectivity index (χ3n) is 2.71. The minimum atomic E-state index is -4.80. The molecule has 5 nitrogen and oxygen atoms in total. The first kappa shape index (κ1) is 17.0. The van der Waals surface area contributed by atoms with Crippen molar-refractivity contribution < 1.29 is 32.2 Å². The van der Waals surface area contributed by atoms with Crippen molar-refractivity contribution >= 4 is 11.6 Å². The van der Waals surface area contributed by atoms with Crippen LogP contribution in [0.5, 0.6) is 5.75 Å². The molecule has 1 heterocycles. The van der Waals surface area contributed by atoms with Crippen LogP contribution >= 0.6 is 0 Å². The zero-order valence-corrected chi connectivity index (χ0v) is 12.6. The molecule has 0 atom stereocenters. The van der Waals surface area contributed by atoms with E-state index in [2.05, 4.69) is 10.1 Å². The van der Waals surface area contributed by atoms with Gasteiger partial charge in [-0.1, -0.05) is 6.07 Å². The maximum atomic E-state index is 12.8. The van der Waals surface area contributed by atoms with Gasteiger partial charge < -0.3 is 19.5 Å². The molecule has 0 saturated heterocycles. The van der Waals surface area contributed by atoms with Crippen LogP contribution in [0.4, 0.5) is 18.9 Å². The van der Waals surface area contributed by atoms with Crippen molar-refractivity contribution in [2.24, 2.45) is 0 Å². The number of benzene rings is 1. The van der Waals surface area contributed by atoms with E-state index in [1.54, 1.807) is 12.1 Å². The second kappa shape index (κ2) is 6.80. The van der Waals surface area contributed by atoms with E-state index in [1.165, 1.54) is 12.1 Å². The molecule has 0 unspecified atom stereocenters. The van der Waals surface area contributed by atoms with E-state index in [0.29, 0.717) is 5.75 Å². The van der Waals surface area contributed by atoms with Crippen LogP contribution in [-0.4, -0.2) is 31.4 Å². The van der Waals surface area contributed by atoms with Gasteiger partial charge in [-0.25, -0.2) is 0 Å². The first-order valence-electron chi connectivity index (χ1n) is 6.92. The summed E-state index contributed by atoms with van der Waals surface area (Å²) in [5, 5.41) is 2.35. The fourth-order valence-corrected chi connectivity index (χ4v) is 1.90. The quantitative estimate of drug-likeness (QED) is 0.920. The summed E-state index contributed by atoms with van der Waals surface area (Å²) in [5.74, 6) is -2.84. The van der Waals surface area contributed by atoms with E-state index < -0.39 is 23.6 Å². The van der Waals surface area contributed by atoms with E-state index in [9.17, 15) is 18.0 Å². The maximum absolute atomic E-state index is 12.8. The van der Waals surface area contributed by atoms with Gasteiger partial charge in [-0.05, 0) is 26.0 Å². The van der Waals surface area contributed by atoms with Gasteiger partial charge in [0, 0.05) is 11.8 Å². The monoisotopic (exact) mass is 331 g/mol. The number of anilines is 1. The maximum Gasteiger partial charge on any atom is 0.453 e. The zero-order valence-electron chi connectivity index (χ0n) is 12.6. The van der Waals surface area contributed by atoms with Crippen LogP contribution < -0.4 is 10.1 Å². The topological polar surface area (TPSA) is 56.8 Å². The first-order chi connectivity index (χ1) is 10.8. The second-order valence-corrected chi connectivity index (χ2v) is 5.00. The number of ether oxygens (including phenoxy) is 3. The van der Waals surface area contributed by atoms with Gasteiger partial charge in [-0.3, -0.25) is 4.79 Å². The Hall–Kier alpha value is -2.38. The van der Waals surface area contributed by atoms with Gasteiger partial charge in [0.1, 0.15) is 19.0 Å². The Labute approximate surface area is 131 Å². The average Bonchev–Trinajstić information content (AvgIpc) is 2.46. The van der Waals surface area contributed by atoms with Gasteiger partial charge >= 0.3 is 6.18 Å². The highest BCUT2D eigenvalue weighted by Crippen LogP contribution is 2.32. The summed E-state index contributed by atoms with van der Waals surface area (Å²) in [6.45, 7) is 3.28. The summed E-state index contributed by atoms with van der Waals surface area (Å²) in [6, 6.07) is 6.33. The minimum absolute atomic E-state index is 0.0735. The lowest BCUT2D eigenvalue weighted by molar-refractivity contribution is -0.151. The van der Waals surface area contributed by atoms with Gasteiger partial charge in [0.25, 0.3) is 5.91 Å². The largest absolute Gasteiger partial charge is 0.491 e. The van der Waals surface area contributed by atoms with Gasteiger partial charge in [-0.2, -0.15) is 13.2 Å². The number of rotatable bonds is 4. The highest BCUT2D eigenvalue weighted by molar-refractivity contribution is 6.02. The number of halogens is 3. The molecule has 2 rings (SSSR count). The van der Waals surface area contributed by atoms with E-state index in [1.807, 2.05) is 13.8 Å². The molecule has 1 aliphatic heterocycles. The standard InChI is InChI=1S/C15H16F3NO4/c1-9(2)23-11-5-3-4-10(8-11)19-14(20)12-13(15(16,17)18)22-7-6-21-12/h3-5,8-9H,6-7H2,1-2H3,(H,19,20). The van der Waals surface area contributed by atoms with Crippen molar-refractivity contribution in [3.8, 4) is 5.75 Å². The molecule has 1 aliphatic rings. The van der Waals surface area contributed by atoms with Crippen LogP contribution in [0.3, 0.4) is 0 Å². The Bertz CT molecular complexity index is 611. The van der Waals surface area contributed by atoms with Crippen LogP contribution in [0.15, 0.2) is 35.8 Å². The molecule has 126 valence electrons. The summed E-state index contributed by atoms with van der Waals surface area (Å²) < 4.78 is 53.3. The predicted octanol–water partition coefficient (Wildman–Crippen LogP) is 3.23. The van der Waals surface area contributed by atoms with Gasteiger partial charge in [0.05, 0.1) is 6.10 Å². The number of nitrogens with one attached hydrogen (secondary N) is 1. The number of allylic oxidation sites excluding steroid dienone is 1. The third-order valence-corrected chi connectivity index (χ3v) is 2.71. The summed E-state index contributed by atoms with van der Waals surface area (Å²) in [4.78, 5) is 12.0. The molecule has 8 heteroatoms. The van der Waals surface area contributed by atoms with Gasteiger partial charge in [0.2, 0.25) is 11.5 Å².